The first-order valence-corrected chi connectivity index (χ1v) is 10.8. The van der Waals surface area contributed by atoms with Crippen molar-refractivity contribution >= 4 is 23.2 Å². The first-order chi connectivity index (χ1) is 15.1. The molecule has 160 valence electrons. The van der Waals surface area contributed by atoms with Crippen LogP contribution in [0.15, 0.2) is 66.7 Å². The Kier molecular flexibility index (Phi) is 6.36. The van der Waals surface area contributed by atoms with Gasteiger partial charge in [-0.15, -0.1) is 0 Å². The lowest BCUT2D eigenvalue weighted by molar-refractivity contribution is -0.122. The molecule has 1 aliphatic heterocycles. The van der Waals surface area contributed by atoms with Gasteiger partial charge in [-0.1, -0.05) is 42.5 Å². The van der Waals surface area contributed by atoms with Gasteiger partial charge in [0, 0.05) is 36.8 Å². The third-order valence-electron chi connectivity index (χ3n) is 5.87. The van der Waals surface area contributed by atoms with Crippen molar-refractivity contribution in [2.45, 2.75) is 25.7 Å². The molecular weight excluding hydrogens is 388 g/mol. The number of aromatic nitrogens is 1. The van der Waals surface area contributed by atoms with E-state index in [1.165, 1.54) is 0 Å². The molecule has 2 amide bonds. The molecular formula is C25H28N4O2. The predicted octanol–water partition coefficient (Wildman–Crippen LogP) is 3.95. The Balaban J connectivity index is 1.34. The highest BCUT2D eigenvalue weighted by Crippen LogP contribution is 2.30. The van der Waals surface area contributed by atoms with E-state index in [-0.39, 0.29) is 17.7 Å². The summed E-state index contributed by atoms with van der Waals surface area (Å²) < 4.78 is 0. The predicted molar refractivity (Wildman–Crippen MR) is 124 cm³/mol. The molecule has 0 atom stereocenters. The van der Waals surface area contributed by atoms with Crippen LogP contribution in [0.3, 0.4) is 0 Å². The fourth-order valence-corrected chi connectivity index (χ4v) is 4.09. The summed E-state index contributed by atoms with van der Waals surface area (Å²) in [5, 5.41) is 3.06. The van der Waals surface area contributed by atoms with Gasteiger partial charge in [0.15, 0.2) is 0 Å². The van der Waals surface area contributed by atoms with Gasteiger partial charge in [0.05, 0.1) is 11.4 Å². The maximum atomic E-state index is 12.6. The van der Waals surface area contributed by atoms with Crippen molar-refractivity contribution in [2.75, 3.05) is 23.3 Å². The van der Waals surface area contributed by atoms with Crippen molar-refractivity contribution in [3.63, 3.8) is 0 Å². The molecule has 4 N–H and O–H groups in total. The number of hydrogen-bond acceptors (Lipinski definition) is 3. The van der Waals surface area contributed by atoms with Crippen molar-refractivity contribution in [1.82, 2.24) is 4.98 Å². The number of nitrogens with zero attached hydrogens (tertiary/aromatic N) is 1. The fourth-order valence-electron chi connectivity index (χ4n) is 4.09. The number of rotatable bonds is 7. The second-order valence-corrected chi connectivity index (χ2v) is 7.99. The Hall–Kier alpha value is -3.54. The van der Waals surface area contributed by atoms with Crippen LogP contribution in [-0.2, 0) is 16.0 Å². The molecule has 0 saturated carbocycles. The molecule has 2 heterocycles. The number of nitrogens with two attached hydrogens (primary N) is 1. The van der Waals surface area contributed by atoms with Crippen LogP contribution < -0.4 is 16.0 Å². The first-order valence-electron chi connectivity index (χ1n) is 10.8. The van der Waals surface area contributed by atoms with Crippen LogP contribution in [0.4, 0.5) is 11.4 Å². The number of aromatic amines is 1. The maximum Gasteiger partial charge on any atom is 0.224 e. The summed E-state index contributed by atoms with van der Waals surface area (Å²) in [5.74, 6) is -0.295. The molecule has 0 spiro atoms. The molecule has 4 rings (SSSR count). The third-order valence-corrected chi connectivity index (χ3v) is 5.87. The minimum Gasteiger partial charge on any atom is -0.370 e. The van der Waals surface area contributed by atoms with E-state index in [2.05, 4.69) is 27.3 Å². The van der Waals surface area contributed by atoms with Crippen LogP contribution in [0, 0.1) is 5.92 Å². The molecule has 6 nitrogen and oxygen atoms in total. The number of benzene rings is 2. The molecule has 0 aliphatic carbocycles. The highest BCUT2D eigenvalue weighted by Gasteiger charge is 2.24. The minimum absolute atomic E-state index is 0.0182. The molecule has 6 heteroatoms. The standard InChI is InChI=1S/C25H28N4O2/c26-25(31)19-14-16-29(17-15-19)23-9-5-4-8-22(23)28-24(30)13-11-20-10-12-21(27-20)18-6-2-1-3-7-18/h1-10,12,19,27H,11,13-17H2,(H2,26,31)(H,28,30). The Labute approximate surface area is 182 Å². The Bertz CT molecular complexity index is 1040. The van der Waals surface area contributed by atoms with E-state index in [1.54, 1.807) is 0 Å². The summed E-state index contributed by atoms with van der Waals surface area (Å²) in [6.07, 6.45) is 2.53. The third kappa shape index (κ3) is 5.15. The van der Waals surface area contributed by atoms with Crippen LogP contribution in [0.1, 0.15) is 25.0 Å². The maximum absolute atomic E-state index is 12.6. The van der Waals surface area contributed by atoms with E-state index in [1.807, 2.05) is 54.6 Å². The number of primary amides is 1. The molecule has 1 fully saturated rings. The lowest BCUT2D eigenvalue weighted by Gasteiger charge is -2.33. The summed E-state index contributed by atoms with van der Waals surface area (Å²) in [6.45, 7) is 1.51. The zero-order valence-electron chi connectivity index (χ0n) is 17.5. The van der Waals surface area contributed by atoms with Gasteiger partial charge in [0.2, 0.25) is 11.8 Å². The summed E-state index contributed by atoms with van der Waals surface area (Å²) in [4.78, 5) is 29.7. The molecule has 1 aliphatic rings. The molecule has 0 unspecified atom stereocenters. The summed E-state index contributed by atoms with van der Waals surface area (Å²) >= 11 is 0. The van der Waals surface area contributed by atoms with Crippen molar-refractivity contribution < 1.29 is 9.59 Å². The molecule has 1 aromatic heterocycles. The monoisotopic (exact) mass is 416 g/mol. The number of carbonyl (C=O) groups excluding carboxylic acids is 2. The number of nitrogens with one attached hydrogen (secondary N) is 2. The van der Waals surface area contributed by atoms with Crippen molar-refractivity contribution in [3.05, 3.63) is 72.4 Å². The van der Waals surface area contributed by atoms with E-state index in [0.717, 1.165) is 54.3 Å². The number of carbonyl (C=O) groups is 2. The zero-order valence-corrected chi connectivity index (χ0v) is 17.5. The van der Waals surface area contributed by atoms with E-state index in [0.29, 0.717) is 12.8 Å². The largest absolute Gasteiger partial charge is 0.370 e. The summed E-state index contributed by atoms with van der Waals surface area (Å²) in [6, 6.07) is 22.1. The quantitative estimate of drug-likeness (QED) is 0.544. The highest BCUT2D eigenvalue weighted by atomic mass is 16.2. The molecule has 2 aromatic carbocycles. The highest BCUT2D eigenvalue weighted by molar-refractivity contribution is 5.94. The Morgan fingerprint density at radius 1 is 0.968 bits per heavy atom. The van der Waals surface area contributed by atoms with Gasteiger partial charge >= 0.3 is 0 Å². The normalized spacial score (nSPS) is 14.4. The number of hydrogen-bond donors (Lipinski definition) is 3. The van der Waals surface area contributed by atoms with Crippen LogP contribution >= 0.6 is 0 Å². The van der Waals surface area contributed by atoms with Gasteiger partial charge in [-0.2, -0.15) is 0 Å². The van der Waals surface area contributed by atoms with Crippen LogP contribution in [-0.4, -0.2) is 29.9 Å². The van der Waals surface area contributed by atoms with E-state index < -0.39 is 0 Å². The first kappa shape index (κ1) is 20.7. The van der Waals surface area contributed by atoms with Gasteiger partial charge in [-0.3, -0.25) is 9.59 Å². The summed E-state index contributed by atoms with van der Waals surface area (Å²) in [7, 11) is 0. The number of amides is 2. The topological polar surface area (TPSA) is 91.2 Å². The van der Waals surface area contributed by atoms with Crippen molar-refractivity contribution in [1.29, 1.82) is 0 Å². The molecule has 1 saturated heterocycles. The molecule has 31 heavy (non-hydrogen) atoms. The zero-order chi connectivity index (χ0) is 21.6. The second kappa shape index (κ2) is 9.51. The number of aryl methyl sites for hydroxylation is 1. The smallest absolute Gasteiger partial charge is 0.224 e. The Morgan fingerprint density at radius 3 is 2.42 bits per heavy atom. The van der Waals surface area contributed by atoms with Crippen LogP contribution in [0.5, 0.6) is 0 Å². The van der Waals surface area contributed by atoms with E-state index in [9.17, 15) is 9.59 Å². The van der Waals surface area contributed by atoms with Crippen LogP contribution in [0.2, 0.25) is 0 Å². The van der Waals surface area contributed by atoms with E-state index >= 15 is 0 Å². The fraction of sp³-hybridized carbons (Fsp3) is 0.280. The molecule has 0 bridgehead atoms. The Morgan fingerprint density at radius 2 is 1.68 bits per heavy atom. The summed E-state index contributed by atoms with van der Waals surface area (Å²) in [5.41, 5.74) is 10.5. The number of anilines is 2. The lowest BCUT2D eigenvalue weighted by Crippen LogP contribution is -2.38. The van der Waals surface area contributed by atoms with Gasteiger partial charge in [0.25, 0.3) is 0 Å². The van der Waals surface area contributed by atoms with Gasteiger partial charge in [-0.25, -0.2) is 0 Å². The van der Waals surface area contributed by atoms with Crippen molar-refractivity contribution in [2.24, 2.45) is 11.7 Å². The van der Waals surface area contributed by atoms with Gasteiger partial charge < -0.3 is 20.9 Å². The second-order valence-electron chi connectivity index (χ2n) is 7.99. The molecule has 0 radical (unpaired) electrons. The van der Waals surface area contributed by atoms with Gasteiger partial charge in [0.1, 0.15) is 0 Å². The van der Waals surface area contributed by atoms with E-state index in [4.69, 9.17) is 5.73 Å². The SMILES string of the molecule is NC(=O)C1CCN(c2ccccc2NC(=O)CCc2ccc(-c3ccccc3)[nH]2)CC1. The van der Waals surface area contributed by atoms with Crippen LogP contribution in [0.25, 0.3) is 11.3 Å². The minimum atomic E-state index is -0.221. The number of para-hydroxylation sites is 2. The van der Waals surface area contributed by atoms with Crippen molar-refractivity contribution in [3.8, 4) is 11.3 Å². The number of piperidine rings is 1. The average Bonchev–Trinajstić information content (AvgIpc) is 3.28. The van der Waals surface area contributed by atoms with Gasteiger partial charge in [-0.05, 0) is 49.1 Å². The average molecular weight is 417 g/mol. The number of H-pyrrole nitrogens is 1. The molecule has 3 aromatic rings. The lowest BCUT2D eigenvalue weighted by atomic mass is 9.96.